The highest BCUT2D eigenvalue weighted by Gasteiger charge is 2.22. The normalized spacial score (nSPS) is 14.1. The third-order valence-corrected chi connectivity index (χ3v) is 2.95. The Morgan fingerprint density at radius 2 is 1.94 bits per heavy atom. The number of Topliss-reactive ketones (excluding diaryl/α,β-unsaturated/α-hetero) is 1. The van der Waals surface area contributed by atoms with Gasteiger partial charge in [0, 0.05) is 5.56 Å². The van der Waals surface area contributed by atoms with Crippen molar-refractivity contribution in [3.8, 4) is 0 Å². The molecular formula is C12H13BrO4. The van der Waals surface area contributed by atoms with Gasteiger partial charge in [0.05, 0.1) is 4.83 Å². The number of aliphatic hydroxyl groups is 1. The van der Waals surface area contributed by atoms with Crippen LogP contribution in [0.25, 0.3) is 0 Å². The lowest BCUT2D eigenvalue weighted by molar-refractivity contribution is -0.147. The highest BCUT2D eigenvalue weighted by Crippen LogP contribution is 2.23. The van der Waals surface area contributed by atoms with Gasteiger partial charge in [0.25, 0.3) is 0 Å². The summed E-state index contributed by atoms with van der Waals surface area (Å²) < 4.78 is 0. The van der Waals surface area contributed by atoms with Crippen LogP contribution in [0.15, 0.2) is 18.2 Å². The number of hydrogen-bond acceptors (Lipinski definition) is 3. The van der Waals surface area contributed by atoms with Crippen LogP contribution in [0, 0.1) is 6.92 Å². The van der Waals surface area contributed by atoms with E-state index < -0.39 is 12.1 Å². The molecule has 0 spiro atoms. The third-order valence-electron chi connectivity index (χ3n) is 2.53. The number of halogens is 1. The van der Waals surface area contributed by atoms with Gasteiger partial charge in [-0.15, -0.1) is 0 Å². The van der Waals surface area contributed by atoms with Crippen LogP contribution in [-0.4, -0.2) is 26.8 Å². The molecule has 0 fully saturated rings. The van der Waals surface area contributed by atoms with Crippen LogP contribution in [0.4, 0.5) is 0 Å². The van der Waals surface area contributed by atoms with Gasteiger partial charge >= 0.3 is 5.97 Å². The minimum absolute atomic E-state index is 0.137. The molecule has 4 nitrogen and oxygen atoms in total. The second-order valence-corrected chi connectivity index (χ2v) is 5.11. The fourth-order valence-electron chi connectivity index (χ4n) is 1.56. The molecule has 5 heteroatoms. The summed E-state index contributed by atoms with van der Waals surface area (Å²) in [7, 11) is 0. The molecule has 1 aromatic rings. The van der Waals surface area contributed by atoms with Crippen LogP contribution in [0.1, 0.15) is 34.5 Å². The second-order valence-electron chi connectivity index (χ2n) is 3.74. The van der Waals surface area contributed by atoms with E-state index in [1.54, 1.807) is 26.0 Å². The molecule has 2 atom stereocenters. The van der Waals surface area contributed by atoms with Crippen molar-refractivity contribution >= 4 is 27.7 Å². The second kappa shape index (κ2) is 5.42. The molecule has 0 bridgehead atoms. The number of rotatable bonds is 4. The van der Waals surface area contributed by atoms with E-state index in [9.17, 15) is 14.7 Å². The summed E-state index contributed by atoms with van der Waals surface area (Å²) in [6.45, 7) is 3.33. The van der Waals surface area contributed by atoms with Gasteiger partial charge in [0.2, 0.25) is 0 Å². The molecule has 0 radical (unpaired) electrons. The lowest BCUT2D eigenvalue weighted by atomic mass is 9.95. The number of carbonyl (C=O) groups is 2. The first kappa shape index (κ1) is 13.9. The van der Waals surface area contributed by atoms with Gasteiger partial charge in [-0.05, 0) is 25.0 Å². The van der Waals surface area contributed by atoms with Gasteiger partial charge < -0.3 is 10.2 Å². The highest BCUT2D eigenvalue weighted by atomic mass is 79.9. The van der Waals surface area contributed by atoms with Crippen LogP contribution >= 0.6 is 15.9 Å². The SMILES string of the molecule is Cc1c(C(=O)C(C)Br)cccc1C(O)C(=O)O. The fourth-order valence-corrected chi connectivity index (χ4v) is 1.81. The number of carbonyl (C=O) groups excluding carboxylic acids is 1. The number of carboxylic acid groups (broad SMARTS) is 1. The molecule has 92 valence electrons. The molecular weight excluding hydrogens is 288 g/mol. The molecule has 1 aromatic carbocycles. The largest absolute Gasteiger partial charge is 0.479 e. The van der Waals surface area contributed by atoms with Crippen molar-refractivity contribution in [2.45, 2.75) is 24.8 Å². The quantitative estimate of drug-likeness (QED) is 0.659. The summed E-state index contributed by atoms with van der Waals surface area (Å²) in [4.78, 5) is 22.2. The smallest absolute Gasteiger partial charge is 0.337 e. The molecule has 17 heavy (non-hydrogen) atoms. The van der Waals surface area contributed by atoms with Gasteiger partial charge in [-0.2, -0.15) is 0 Å². The lowest BCUT2D eigenvalue weighted by Crippen LogP contribution is -2.16. The molecule has 0 heterocycles. The predicted octanol–water partition coefficient (Wildman–Crippen LogP) is 2.08. The maximum atomic E-state index is 11.8. The first-order valence-corrected chi connectivity index (χ1v) is 5.96. The summed E-state index contributed by atoms with van der Waals surface area (Å²) in [6.07, 6.45) is -1.60. The summed E-state index contributed by atoms with van der Waals surface area (Å²) in [5.41, 5.74) is 1.17. The number of ketones is 1. The zero-order valence-corrected chi connectivity index (χ0v) is 11.1. The molecule has 0 aliphatic carbocycles. The zero-order chi connectivity index (χ0) is 13.2. The Bertz CT molecular complexity index is 454. The summed E-state index contributed by atoms with van der Waals surface area (Å²) >= 11 is 3.17. The molecule has 0 aromatic heterocycles. The number of aliphatic hydroxyl groups excluding tert-OH is 1. The van der Waals surface area contributed by atoms with E-state index in [-0.39, 0.29) is 16.2 Å². The lowest BCUT2D eigenvalue weighted by Gasteiger charge is -2.13. The first-order valence-electron chi connectivity index (χ1n) is 5.05. The molecule has 0 aliphatic rings. The highest BCUT2D eigenvalue weighted by molar-refractivity contribution is 9.10. The minimum atomic E-state index is -1.60. The van der Waals surface area contributed by atoms with E-state index in [0.29, 0.717) is 11.1 Å². The molecule has 2 unspecified atom stereocenters. The van der Waals surface area contributed by atoms with E-state index in [2.05, 4.69) is 15.9 Å². The molecule has 0 aliphatic heterocycles. The number of alkyl halides is 1. The standard InChI is InChI=1S/C12H13BrO4/c1-6-8(10(14)7(2)13)4-3-5-9(6)11(15)12(16)17/h3-5,7,11,15H,1-2H3,(H,16,17). The van der Waals surface area contributed by atoms with Crippen molar-refractivity contribution in [2.75, 3.05) is 0 Å². The van der Waals surface area contributed by atoms with Gasteiger partial charge in [-0.3, -0.25) is 4.79 Å². The van der Waals surface area contributed by atoms with Crippen molar-refractivity contribution < 1.29 is 19.8 Å². The van der Waals surface area contributed by atoms with E-state index in [4.69, 9.17) is 5.11 Å². The third kappa shape index (κ3) is 2.92. The maximum Gasteiger partial charge on any atom is 0.337 e. The minimum Gasteiger partial charge on any atom is -0.479 e. The first-order chi connectivity index (χ1) is 7.86. The van der Waals surface area contributed by atoms with Crippen molar-refractivity contribution in [1.29, 1.82) is 0 Å². The summed E-state index contributed by atoms with van der Waals surface area (Å²) in [5, 5.41) is 18.3. The number of carboxylic acids is 1. The van der Waals surface area contributed by atoms with Gasteiger partial charge in [0.15, 0.2) is 11.9 Å². The van der Waals surface area contributed by atoms with Gasteiger partial charge in [-0.1, -0.05) is 34.1 Å². The van der Waals surface area contributed by atoms with Gasteiger partial charge in [-0.25, -0.2) is 4.79 Å². The monoisotopic (exact) mass is 300 g/mol. The van der Waals surface area contributed by atoms with Crippen molar-refractivity contribution in [2.24, 2.45) is 0 Å². The number of benzene rings is 1. The van der Waals surface area contributed by atoms with Crippen LogP contribution in [0.3, 0.4) is 0 Å². The Labute approximate surface area is 107 Å². The van der Waals surface area contributed by atoms with Crippen LogP contribution in [-0.2, 0) is 4.79 Å². The average molecular weight is 301 g/mol. The Hall–Kier alpha value is -1.20. The van der Waals surface area contributed by atoms with Crippen LogP contribution in [0.2, 0.25) is 0 Å². The van der Waals surface area contributed by atoms with Crippen LogP contribution in [0.5, 0.6) is 0 Å². The molecule has 0 saturated carbocycles. The fraction of sp³-hybridized carbons (Fsp3) is 0.333. The van der Waals surface area contributed by atoms with Crippen molar-refractivity contribution in [3.05, 3.63) is 34.9 Å². The van der Waals surface area contributed by atoms with Crippen molar-refractivity contribution in [1.82, 2.24) is 0 Å². The Morgan fingerprint density at radius 3 is 2.41 bits per heavy atom. The molecule has 0 saturated heterocycles. The Morgan fingerprint density at radius 1 is 1.35 bits per heavy atom. The number of hydrogen-bond donors (Lipinski definition) is 2. The zero-order valence-electron chi connectivity index (χ0n) is 9.48. The van der Waals surface area contributed by atoms with Crippen LogP contribution < -0.4 is 0 Å². The average Bonchev–Trinajstić information content (AvgIpc) is 2.27. The molecule has 2 N–H and O–H groups in total. The number of aliphatic carboxylic acids is 1. The van der Waals surface area contributed by atoms with E-state index in [1.807, 2.05) is 0 Å². The van der Waals surface area contributed by atoms with E-state index in [1.165, 1.54) is 6.07 Å². The predicted molar refractivity (Wildman–Crippen MR) is 66.5 cm³/mol. The Balaban J connectivity index is 3.25. The Kier molecular flexibility index (Phi) is 4.42. The van der Waals surface area contributed by atoms with Crippen molar-refractivity contribution in [3.63, 3.8) is 0 Å². The van der Waals surface area contributed by atoms with E-state index in [0.717, 1.165) is 0 Å². The molecule has 1 rings (SSSR count). The van der Waals surface area contributed by atoms with E-state index >= 15 is 0 Å². The van der Waals surface area contributed by atoms with Gasteiger partial charge in [0.1, 0.15) is 0 Å². The topological polar surface area (TPSA) is 74.6 Å². The molecule has 0 amide bonds. The maximum absolute atomic E-state index is 11.8. The summed E-state index contributed by atoms with van der Waals surface area (Å²) in [5.74, 6) is -1.47. The summed E-state index contributed by atoms with van der Waals surface area (Å²) in [6, 6.07) is 4.69.